The highest BCUT2D eigenvalue weighted by atomic mass is 32.2. The van der Waals surface area contributed by atoms with E-state index in [4.69, 9.17) is 5.73 Å². The summed E-state index contributed by atoms with van der Waals surface area (Å²) < 4.78 is 43.2. The third-order valence-corrected chi connectivity index (χ3v) is 9.81. The summed E-state index contributed by atoms with van der Waals surface area (Å²) in [6.07, 6.45) is 1.60. The molecule has 1 aliphatic heterocycles. The first-order valence-electron chi connectivity index (χ1n) is 12.3. The van der Waals surface area contributed by atoms with Crippen LogP contribution in [0.4, 0.5) is 14.5 Å². The summed E-state index contributed by atoms with van der Waals surface area (Å²) in [5.41, 5.74) is 7.89. The molecule has 1 heterocycles. The van der Waals surface area contributed by atoms with E-state index in [-0.39, 0.29) is 29.3 Å². The van der Waals surface area contributed by atoms with Crippen molar-refractivity contribution in [2.45, 2.75) is 54.0 Å². The van der Waals surface area contributed by atoms with Crippen LogP contribution in [-0.4, -0.2) is 39.5 Å². The van der Waals surface area contributed by atoms with Crippen molar-refractivity contribution in [2.24, 2.45) is 5.73 Å². The number of nitrogens with two attached hydrogens (primary N) is 1. The standard InChI is InChI=1S/C29H31F2N3O2S/c1-28(30,31)23-13-7-9-15-26(23)37(2,36)21-18-25(27(35)33-29(32)16-17-29)34(19-21)24-14-8-6-12-22(24)20-10-4-3-5-11-20/h3-15,21,25H,2,16-19,32H2,1H3,(H,33,35). The first kappa shape index (κ1) is 25.4. The van der Waals surface area contributed by atoms with E-state index in [0.29, 0.717) is 12.8 Å². The summed E-state index contributed by atoms with van der Waals surface area (Å²) >= 11 is 0. The number of amides is 1. The molecule has 1 amide bonds. The zero-order valence-corrected chi connectivity index (χ0v) is 21.5. The Hall–Kier alpha value is -3.23. The fraction of sp³-hybridized carbons (Fsp3) is 0.310. The molecular formula is C29H31F2N3O2S. The van der Waals surface area contributed by atoms with E-state index in [1.807, 2.05) is 59.5 Å². The first-order valence-corrected chi connectivity index (χ1v) is 14.1. The van der Waals surface area contributed by atoms with Crippen LogP contribution in [0.25, 0.3) is 11.1 Å². The van der Waals surface area contributed by atoms with Gasteiger partial charge in [-0.1, -0.05) is 66.7 Å². The zero-order valence-electron chi connectivity index (χ0n) is 20.7. The maximum atomic E-state index is 14.5. The molecule has 1 saturated carbocycles. The van der Waals surface area contributed by atoms with Gasteiger partial charge in [0, 0.05) is 44.7 Å². The van der Waals surface area contributed by atoms with Gasteiger partial charge >= 0.3 is 0 Å². The molecule has 5 rings (SSSR count). The minimum absolute atomic E-state index is 0.0438. The van der Waals surface area contributed by atoms with Crippen LogP contribution in [0.1, 0.15) is 31.7 Å². The van der Waals surface area contributed by atoms with Gasteiger partial charge in [-0.15, -0.1) is 0 Å². The second-order valence-corrected chi connectivity index (χ2v) is 12.7. The van der Waals surface area contributed by atoms with Gasteiger partial charge in [-0.05, 0) is 42.8 Å². The van der Waals surface area contributed by atoms with Crippen molar-refractivity contribution in [3.63, 3.8) is 0 Å². The largest absolute Gasteiger partial charge is 0.358 e. The molecular weight excluding hydrogens is 492 g/mol. The van der Waals surface area contributed by atoms with Gasteiger partial charge < -0.3 is 16.0 Å². The molecule has 0 spiro atoms. The lowest BCUT2D eigenvalue weighted by Crippen LogP contribution is -2.51. The maximum Gasteiger partial charge on any atom is 0.271 e. The van der Waals surface area contributed by atoms with Gasteiger partial charge in [0.25, 0.3) is 5.92 Å². The smallest absolute Gasteiger partial charge is 0.271 e. The number of para-hydroxylation sites is 1. The monoisotopic (exact) mass is 523 g/mol. The highest BCUT2D eigenvalue weighted by Crippen LogP contribution is 2.40. The van der Waals surface area contributed by atoms with Crippen molar-refractivity contribution in [3.8, 4) is 11.1 Å². The van der Waals surface area contributed by atoms with Crippen LogP contribution in [0.2, 0.25) is 0 Å². The van der Waals surface area contributed by atoms with Gasteiger partial charge in [0.05, 0.1) is 10.9 Å². The lowest BCUT2D eigenvalue weighted by atomic mass is 10.0. The van der Waals surface area contributed by atoms with Crippen molar-refractivity contribution >= 4 is 27.0 Å². The molecule has 3 aromatic rings. The van der Waals surface area contributed by atoms with Crippen LogP contribution in [0.15, 0.2) is 83.8 Å². The predicted octanol–water partition coefficient (Wildman–Crippen LogP) is 4.75. The second-order valence-electron chi connectivity index (χ2n) is 10.2. The fourth-order valence-electron chi connectivity index (χ4n) is 5.07. The normalized spacial score (nSPS) is 22.3. The Bertz CT molecular complexity index is 1420. The highest BCUT2D eigenvalue weighted by molar-refractivity contribution is 8.01. The van der Waals surface area contributed by atoms with E-state index in [2.05, 4.69) is 11.2 Å². The van der Waals surface area contributed by atoms with E-state index in [1.54, 1.807) is 6.07 Å². The summed E-state index contributed by atoms with van der Waals surface area (Å²) in [6.45, 7) is 1.02. The lowest BCUT2D eigenvalue weighted by molar-refractivity contribution is -0.123. The number of anilines is 1. The number of rotatable bonds is 7. The maximum absolute atomic E-state index is 14.5. The molecule has 2 aliphatic rings. The number of carbonyl (C=O) groups excluding carboxylic acids is 1. The Morgan fingerprint density at radius 2 is 1.68 bits per heavy atom. The number of nitrogens with one attached hydrogen (secondary N) is 1. The average Bonchev–Trinajstić information content (AvgIpc) is 3.42. The van der Waals surface area contributed by atoms with Crippen molar-refractivity contribution in [3.05, 3.63) is 84.4 Å². The number of halogens is 2. The molecule has 3 unspecified atom stereocenters. The van der Waals surface area contributed by atoms with Gasteiger partial charge in [0.1, 0.15) is 6.04 Å². The predicted molar refractivity (Wildman–Crippen MR) is 145 cm³/mol. The summed E-state index contributed by atoms with van der Waals surface area (Å²) in [6, 6.07) is 22.7. The van der Waals surface area contributed by atoms with Crippen molar-refractivity contribution in [1.29, 1.82) is 0 Å². The number of alkyl halides is 2. The van der Waals surface area contributed by atoms with Gasteiger partial charge in [0.15, 0.2) is 0 Å². The van der Waals surface area contributed by atoms with Crippen LogP contribution >= 0.6 is 0 Å². The van der Waals surface area contributed by atoms with Gasteiger partial charge in [-0.3, -0.25) is 9.00 Å². The first-order chi connectivity index (χ1) is 17.5. The Balaban J connectivity index is 1.57. The average molecular weight is 524 g/mol. The molecule has 0 radical (unpaired) electrons. The lowest BCUT2D eigenvalue weighted by Gasteiger charge is -2.29. The number of hydrogen-bond donors (Lipinski definition) is 2. The SMILES string of the molecule is C=S(=O)(c1ccccc1C(C)(F)F)C1CC(C(=O)NC2(N)CC2)N(c2ccccc2-c2ccccc2)C1. The Kier molecular flexibility index (Phi) is 6.36. The van der Waals surface area contributed by atoms with E-state index < -0.39 is 32.4 Å². The van der Waals surface area contributed by atoms with Crippen LogP contribution in [0, 0.1) is 0 Å². The molecule has 5 nitrogen and oxygen atoms in total. The van der Waals surface area contributed by atoms with Crippen molar-refractivity contribution < 1.29 is 17.8 Å². The van der Waals surface area contributed by atoms with Crippen LogP contribution in [0.3, 0.4) is 0 Å². The summed E-state index contributed by atoms with van der Waals surface area (Å²) in [4.78, 5) is 15.5. The highest BCUT2D eigenvalue weighted by Gasteiger charge is 2.47. The van der Waals surface area contributed by atoms with Crippen LogP contribution in [-0.2, 0) is 20.2 Å². The Morgan fingerprint density at radius 3 is 2.35 bits per heavy atom. The van der Waals surface area contributed by atoms with E-state index >= 15 is 0 Å². The molecule has 194 valence electrons. The molecule has 0 bridgehead atoms. The van der Waals surface area contributed by atoms with Gasteiger partial charge in [0.2, 0.25) is 5.91 Å². The molecule has 3 N–H and O–H groups in total. The second kappa shape index (κ2) is 9.26. The van der Waals surface area contributed by atoms with Crippen LogP contribution in [0.5, 0.6) is 0 Å². The summed E-state index contributed by atoms with van der Waals surface area (Å²) in [7, 11) is -3.20. The van der Waals surface area contributed by atoms with Gasteiger partial charge in [-0.25, -0.2) is 8.78 Å². The third-order valence-electron chi connectivity index (χ3n) is 7.30. The summed E-state index contributed by atoms with van der Waals surface area (Å²) in [5.74, 6) is 0.565. The minimum atomic E-state index is -3.20. The molecule has 8 heteroatoms. The molecule has 37 heavy (non-hydrogen) atoms. The molecule has 1 saturated heterocycles. The number of benzene rings is 3. The zero-order chi connectivity index (χ0) is 26.4. The van der Waals surface area contributed by atoms with Gasteiger partial charge in [-0.2, -0.15) is 0 Å². The minimum Gasteiger partial charge on any atom is -0.358 e. The number of carbonyl (C=O) groups is 1. The molecule has 3 aromatic carbocycles. The topological polar surface area (TPSA) is 75.4 Å². The third kappa shape index (κ3) is 5.00. The van der Waals surface area contributed by atoms with E-state index in [0.717, 1.165) is 23.7 Å². The fourth-order valence-corrected chi connectivity index (χ4v) is 7.25. The molecule has 2 fully saturated rings. The van der Waals surface area contributed by atoms with Crippen LogP contribution < -0.4 is 16.0 Å². The summed E-state index contributed by atoms with van der Waals surface area (Å²) in [5, 5.41) is 2.32. The molecule has 3 atom stereocenters. The molecule has 0 aromatic heterocycles. The van der Waals surface area contributed by atoms with E-state index in [1.165, 1.54) is 18.2 Å². The number of hydrogen-bond acceptors (Lipinski definition) is 4. The molecule has 1 aliphatic carbocycles. The Morgan fingerprint density at radius 1 is 1.05 bits per heavy atom. The van der Waals surface area contributed by atoms with Crippen molar-refractivity contribution in [2.75, 3.05) is 11.4 Å². The number of nitrogens with zero attached hydrogens (tertiary/aromatic N) is 1. The van der Waals surface area contributed by atoms with Crippen molar-refractivity contribution in [1.82, 2.24) is 5.32 Å². The quantitative estimate of drug-likeness (QED) is 0.346. The Labute approximate surface area is 216 Å². The van der Waals surface area contributed by atoms with E-state index in [9.17, 15) is 17.8 Å².